The van der Waals surface area contributed by atoms with Gasteiger partial charge in [-0.25, -0.2) is 0 Å². The molecule has 0 unspecified atom stereocenters. The molecule has 0 nitrogen and oxygen atoms in total. The zero-order valence-corrected chi connectivity index (χ0v) is 17.6. The summed E-state index contributed by atoms with van der Waals surface area (Å²) in [6, 6.07) is 0. The van der Waals surface area contributed by atoms with Gasteiger partial charge in [-0.3, -0.25) is 0 Å². The van der Waals surface area contributed by atoms with E-state index in [1.54, 1.807) is 0 Å². The summed E-state index contributed by atoms with van der Waals surface area (Å²) in [6.45, 7) is 7.22. The monoisotopic (exact) mass is 356 g/mol. The first-order valence-corrected chi connectivity index (χ1v) is 12.5. The summed E-state index contributed by atoms with van der Waals surface area (Å²) in [5.41, 5.74) is 0.622. The van der Waals surface area contributed by atoms with E-state index in [1.807, 2.05) is 0 Å². The second-order valence-corrected chi connectivity index (χ2v) is 11.1. The lowest BCUT2D eigenvalue weighted by atomic mass is 9.81. The van der Waals surface area contributed by atoms with Gasteiger partial charge in [0, 0.05) is 11.5 Å². The van der Waals surface area contributed by atoms with Crippen molar-refractivity contribution < 1.29 is 0 Å². The Morgan fingerprint density at radius 3 is 2.09 bits per heavy atom. The average Bonchev–Trinajstić information content (AvgIpc) is 2.57. The highest BCUT2D eigenvalue weighted by atomic mass is 32.2. The van der Waals surface area contributed by atoms with Crippen molar-refractivity contribution in [2.24, 2.45) is 17.3 Å². The van der Waals surface area contributed by atoms with E-state index in [1.165, 1.54) is 88.6 Å². The lowest BCUT2D eigenvalue weighted by molar-refractivity contribution is 0.272. The third kappa shape index (κ3) is 6.84. The molecule has 0 atom stereocenters. The second-order valence-electron chi connectivity index (χ2n) is 8.53. The van der Waals surface area contributed by atoms with Crippen LogP contribution in [0.4, 0.5) is 0 Å². The van der Waals surface area contributed by atoms with Gasteiger partial charge in [0.15, 0.2) is 0 Å². The maximum atomic E-state index is 2.56. The molecule has 1 aliphatic heterocycles. The van der Waals surface area contributed by atoms with Crippen LogP contribution in [-0.4, -0.2) is 16.1 Å². The van der Waals surface area contributed by atoms with Gasteiger partial charge in [0.1, 0.15) is 0 Å². The SMILES string of the molecule is CCCCCCC[C@]1(C)CS[C@@H](C2CCC(CCC)CC2)SC1. The van der Waals surface area contributed by atoms with Crippen LogP contribution >= 0.6 is 23.5 Å². The van der Waals surface area contributed by atoms with Crippen LogP contribution in [0, 0.1) is 17.3 Å². The van der Waals surface area contributed by atoms with Crippen molar-refractivity contribution >= 4 is 23.5 Å². The Kier molecular flexibility index (Phi) is 9.26. The first kappa shape index (κ1) is 20.0. The van der Waals surface area contributed by atoms with Gasteiger partial charge < -0.3 is 0 Å². The maximum Gasteiger partial charge on any atom is 0.0531 e. The largest absolute Gasteiger partial charge is 0.147 e. The summed E-state index contributed by atoms with van der Waals surface area (Å²) in [7, 11) is 0. The molecule has 2 rings (SSSR count). The molecule has 2 aliphatic rings. The van der Waals surface area contributed by atoms with Gasteiger partial charge >= 0.3 is 0 Å². The number of unbranched alkanes of at least 4 members (excludes halogenated alkanes) is 4. The molecule has 136 valence electrons. The summed E-state index contributed by atoms with van der Waals surface area (Å²) in [5.74, 6) is 4.93. The predicted molar refractivity (Wildman–Crippen MR) is 111 cm³/mol. The Balaban J connectivity index is 1.63. The molecule has 0 aromatic heterocycles. The van der Waals surface area contributed by atoms with Gasteiger partial charge in [-0.15, -0.1) is 23.5 Å². The molecule has 0 bridgehead atoms. The van der Waals surface area contributed by atoms with Crippen molar-refractivity contribution in [2.45, 2.75) is 102 Å². The summed E-state index contributed by atoms with van der Waals surface area (Å²) in [5, 5.41) is 0. The lowest BCUT2D eigenvalue weighted by Crippen LogP contribution is -2.33. The highest BCUT2D eigenvalue weighted by Gasteiger charge is 2.36. The molecule has 1 heterocycles. The number of hydrogen-bond acceptors (Lipinski definition) is 2. The van der Waals surface area contributed by atoms with Crippen LogP contribution < -0.4 is 0 Å². The molecule has 0 radical (unpaired) electrons. The molecular formula is C21H40S2. The van der Waals surface area contributed by atoms with Gasteiger partial charge in [0.2, 0.25) is 0 Å². The molecule has 0 amide bonds. The fourth-order valence-electron chi connectivity index (χ4n) is 4.39. The minimum Gasteiger partial charge on any atom is -0.147 e. The van der Waals surface area contributed by atoms with Gasteiger partial charge in [-0.1, -0.05) is 78.6 Å². The van der Waals surface area contributed by atoms with Crippen molar-refractivity contribution in [2.75, 3.05) is 11.5 Å². The Morgan fingerprint density at radius 1 is 0.826 bits per heavy atom. The van der Waals surface area contributed by atoms with Crippen LogP contribution in [0.1, 0.15) is 97.8 Å². The Hall–Kier alpha value is 0.700. The van der Waals surface area contributed by atoms with Crippen LogP contribution in [0.5, 0.6) is 0 Å². The standard InChI is InChI=1S/C21H40S2/c1-4-6-7-8-9-15-21(3)16-22-20(23-17-21)19-13-11-18(10-5-2)12-14-19/h18-20H,4-17H2,1-3H3/t18?,19?,20-,21-. The number of rotatable bonds is 9. The quantitative estimate of drug-likeness (QED) is 0.387. The minimum atomic E-state index is 0.622. The van der Waals surface area contributed by atoms with Crippen LogP contribution in [0.2, 0.25) is 0 Å². The van der Waals surface area contributed by atoms with Gasteiger partial charge in [0.05, 0.1) is 4.58 Å². The van der Waals surface area contributed by atoms with Gasteiger partial charge in [0.25, 0.3) is 0 Å². The number of hydrogen-bond donors (Lipinski definition) is 0. The molecule has 2 heteroatoms. The molecule has 0 aromatic carbocycles. The van der Waals surface area contributed by atoms with Crippen LogP contribution in [0.25, 0.3) is 0 Å². The predicted octanol–water partition coefficient (Wildman–Crippen LogP) is 7.77. The molecule has 2 fully saturated rings. The molecule has 0 aromatic rings. The second kappa shape index (κ2) is 10.6. The highest BCUT2D eigenvalue weighted by Crippen LogP contribution is 2.49. The van der Waals surface area contributed by atoms with E-state index in [0.29, 0.717) is 5.41 Å². The van der Waals surface area contributed by atoms with E-state index < -0.39 is 0 Å². The molecule has 1 aliphatic carbocycles. The first-order chi connectivity index (χ1) is 11.2. The first-order valence-electron chi connectivity index (χ1n) is 10.4. The zero-order chi connectivity index (χ0) is 16.5. The van der Waals surface area contributed by atoms with E-state index in [0.717, 1.165) is 16.4 Å². The van der Waals surface area contributed by atoms with Crippen molar-refractivity contribution in [3.63, 3.8) is 0 Å². The summed E-state index contributed by atoms with van der Waals surface area (Å²) in [4.78, 5) is 0. The third-order valence-corrected chi connectivity index (χ3v) is 10.0. The Morgan fingerprint density at radius 2 is 1.48 bits per heavy atom. The Labute approximate surface area is 154 Å². The van der Waals surface area contributed by atoms with Crippen molar-refractivity contribution in [3.05, 3.63) is 0 Å². The van der Waals surface area contributed by atoms with Gasteiger partial charge in [-0.2, -0.15) is 0 Å². The molecule has 1 saturated heterocycles. The zero-order valence-electron chi connectivity index (χ0n) is 15.9. The van der Waals surface area contributed by atoms with E-state index in [9.17, 15) is 0 Å². The topological polar surface area (TPSA) is 0 Å². The smallest absolute Gasteiger partial charge is 0.0531 e. The molecule has 1 saturated carbocycles. The van der Waals surface area contributed by atoms with Crippen molar-refractivity contribution in [1.82, 2.24) is 0 Å². The average molecular weight is 357 g/mol. The fraction of sp³-hybridized carbons (Fsp3) is 1.00. The van der Waals surface area contributed by atoms with Crippen LogP contribution in [-0.2, 0) is 0 Å². The summed E-state index contributed by atoms with van der Waals surface area (Å²) < 4.78 is 0.922. The van der Waals surface area contributed by atoms with Gasteiger partial charge in [-0.05, 0) is 36.5 Å². The van der Waals surface area contributed by atoms with Crippen molar-refractivity contribution in [3.8, 4) is 0 Å². The summed E-state index contributed by atoms with van der Waals surface area (Å²) in [6.07, 6.45) is 17.6. The molecule has 0 spiro atoms. The van der Waals surface area contributed by atoms with E-state index in [4.69, 9.17) is 0 Å². The van der Waals surface area contributed by atoms with E-state index in [2.05, 4.69) is 44.3 Å². The third-order valence-electron chi connectivity index (χ3n) is 6.05. The van der Waals surface area contributed by atoms with E-state index in [-0.39, 0.29) is 0 Å². The summed E-state index contributed by atoms with van der Waals surface area (Å²) >= 11 is 4.65. The maximum absolute atomic E-state index is 2.56. The number of thioether (sulfide) groups is 2. The lowest BCUT2D eigenvalue weighted by Gasteiger charge is -2.41. The molecule has 0 N–H and O–H groups in total. The van der Waals surface area contributed by atoms with Crippen LogP contribution in [0.3, 0.4) is 0 Å². The minimum absolute atomic E-state index is 0.622. The normalized spacial score (nSPS) is 35.3. The Bertz CT molecular complexity index is 299. The molecule has 23 heavy (non-hydrogen) atoms. The highest BCUT2D eigenvalue weighted by molar-refractivity contribution is 8.17. The van der Waals surface area contributed by atoms with Crippen LogP contribution in [0.15, 0.2) is 0 Å². The molecular weight excluding hydrogens is 316 g/mol. The van der Waals surface area contributed by atoms with E-state index >= 15 is 0 Å². The fourth-order valence-corrected chi connectivity index (χ4v) is 8.02. The van der Waals surface area contributed by atoms with Crippen molar-refractivity contribution in [1.29, 1.82) is 0 Å².